The van der Waals surface area contributed by atoms with Crippen LogP contribution in [0.25, 0.3) is 0 Å². The van der Waals surface area contributed by atoms with Gasteiger partial charge >= 0.3 is 0 Å². The second-order valence-electron chi connectivity index (χ2n) is 4.19. The summed E-state index contributed by atoms with van der Waals surface area (Å²) in [6, 6.07) is 16.1. The van der Waals surface area contributed by atoms with Gasteiger partial charge in [-0.15, -0.1) is 0 Å². The van der Waals surface area contributed by atoms with E-state index >= 15 is 0 Å². The molecular formula is C15H15NO2. The van der Waals surface area contributed by atoms with Crippen molar-refractivity contribution in [2.75, 3.05) is 7.05 Å². The van der Waals surface area contributed by atoms with Gasteiger partial charge < -0.3 is 10.0 Å². The number of carbonyl (C=O) groups is 1. The molecule has 0 saturated carbocycles. The normalized spacial score (nSPS) is 10.1. The Kier molecular flexibility index (Phi) is 3.63. The molecule has 0 unspecified atom stereocenters. The Bertz CT molecular complexity index is 520. The molecular weight excluding hydrogens is 226 g/mol. The molecule has 0 atom stereocenters. The summed E-state index contributed by atoms with van der Waals surface area (Å²) in [6.45, 7) is 0.570. The van der Waals surface area contributed by atoms with Gasteiger partial charge in [-0.25, -0.2) is 0 Å². The first kappa shape index (κ1) is 12.2. The molecule has 3 nitrogen and oxygen atoms in total. The zero-order valence-electron chi connectivity index (χ0n) is 10.2. The van der Waals surface area contributed by atoms with E-state index in [1.165, 1.54) is 12.1 Å². The van der Waals surface area contributed by atoms with Crippen LogP contribution in [0.2, 0.25) is 0 Å². The summed E-state index contributed by atoms with van der Waals surface area (Å²) in [7, 11) is 1.77. The third kappa shape index (κ3) is 2.88. The minimum atomic E-state index is -0.0566. The predicted molar refractivity (Wildman–Crippen MR) is 70.3 cm³/mol. The van der Waals surface area contributed by atoms with E-state index < -0.39 is 0 Å². The topological polar surface area (TPSA) is 40.5 Å². The molecule has 2 aromatic rings. The van der Waals surface area contributed by atoms with Crippen LogP contribution in [0.3, 0.4) is 0 Å². The van der Waals surface area contributed by atoms with E-state index in [0.717, 1.165) is 5.56 Å². The highest BCUT2D eigenvalue weighted by atomic mass is 16.3. The van der Waals surface area contributed by atoms with E-state index in [9.17, 15) is 9.90 Å². The Morgan fingerprint density at radius 1 is 1.06 bits per heavy atom. The lowest BCUT2D eigenvalue weighted by Crippen LogP contribution is -2.26. The number of hydrogen-bond acceptors (Lipinski definition) is 2. The second kappa shape index (κ2) is 5.36. The van der Waals surface area contributed by atoms with Crippen molar-refractivity contribution in [2.45, 2.75) is 6.54 Å². The smallest absolute Gasteiger partial charge is 0.253 e. The van der Waals surface area contributed by atoms with Gasteiger partial charge in [-0.2, -0.15) is 0 Å². The molecule has 2 aromatic carbocycles. The van der Waals surface area contributed by atoms with Gasteiger partial charge in [-0.1, -0.05) is 30.3 Å². The number of rotatable bonds is 3. The van der Waals surface area contributed by atoms with Gasteiger partial charge in [0.1, 0.15) is 5.75 Å². The van der Waals surface area contributed by atoms with Crippen molar-refractivity contribution >= 4 is 5.91 Å². The van der Waals surface area contributed by atoms with Crippen LogP contribution in [0, 0.1) is 0 Å². The molecule has 0 fully saturated rings. The van der Waals surface area contributed by atoms with Crippen molar-refractivity contribution in [3.8, 4) is 5.75 Å². The third-order valence-electron chi connectivity index (χ3n) is 2.72. The molecule has 1 N–H and O–H groups in total. The minimum absolute atomic E-state index is 0.0566. The number of benzene rings is 2. The van der Waals surface area contributed by atoms with E-state index in [1.807, 2.05) is 30.3 Å². The zero-order chi connectivity index (χ0) is 13.0. The first-order chi connectivity index (χ1) is 8.66. The molecule has 0 heterocycles. The number of aromatic hydroxyl groups is 1. The van der Waals surface area contributed by atoms with Crippen LogP contribution < -0.4 is 0 Å². The van der Waals surface area contributed by atoms with Crippen molar-refractivity contribution in [2.24, 2.45) is 0 Å². The van der Waals surface area contributed by atoms with Gasteiger partial charge in [-0.05, 0) is 29.8 Å². The van der Waals surface area contributed by atoms with E-state index in [4.69, 9.17) is 0 Å². The molecule has 2 rings (SSSR count). The number of amides is 1. The molecule has 0 aromatic heterocycles. The highest BCUT2D eigenvalue weighted by Crippen LogP contribution is 2.12. The van der Waals surface area contributed by atoms with Gasteiger partial charge in [0.25, 0.3) is 5.91 Å². The second-order valence-corrected chi connectivity index (χ2v) is 4.19. The maximum absolute atomic E-state index is 12.1. The van der Waals surface area contributed by atoms with Gasteiger partial charge in [0.15, 0.2) is 0 Å². The van der Waals surface area contributed by atoms with Crippen LogP contribution in [-0.4, -0.2) is 23.0 Å². The maximum Gasteiger partial charge on any atom is 0.253 e. The summed E-state index contributed by atoms with van der Waals surface area (Å²) in [5, 5.41) is 9.19. The standard InChI is InChI=1S/C15H15NO2/c1-16(11-12-5-3-2-4-6-12)15(18)13-7-9-14(17)10-8-13/h2-10,17H,11H2,1H3. The molecule has 0 bridgehead atoms. The van der Waals surface area contributed by atoms with Crippen LogP contribution in [0.15, 0.2) is 54.6 Å². The van der Waals surface area contributed by atoms with Gasteiger partial charge in [0.05, 0.1) is 0 Å². The molecule has 1 amide bonds. The average molecular weight is 241 g/mol. The Morgan fingerprint density at radius 2 is 1.67 bits per heavy atom. The van der Waals surface area contributed by atoms with Crippen molar-refractivity contribution in [3.63, 3.8) is 0 Å². The van der Waals surface area contributed by atoms with Crippen LogP contribution in [0.1, 0.15) is 15.9 Å². The van der Waals surface area contributed by atoms with Crippen molar-refractivity contribution in [1.29, 1.82) is 0 Å². The Hall–Kier alpha value is -2.29. The molecule has 0 spiro atoms. The summed E-state index contributed by atoms with van der Waals surface area (Å²) in [6.07, 6.45) is 0. The first-order valence-electron chi connectivity index (χ1n) is 5.75. The number of nitrogens with zero attached hydrogens (tertiary/aromatic N) is 1. The molecule has 0 aliphatic carbocycles. The summed E-state index contributed by atoms with van der Waals surface area (Å²) in [4.78, 5) is 13.8. The van der Waals surface area contributed by atoms with Crippen LogP contribution in [-0.2, 0) is 6.54 Å². The zero-order valence-corrected chi connectivity index (χ0v) is 10.2. The molecule has 92 valence electrons. The fourth-order valence-electron chi connectivity index (χ4n) is 1.75. The highest BCUT2D eigenvalue weighted by molar-refractivity contribution is 5.94. The number of hydrogen-bond donors (Lipinski definition) is 1. The summed E-state index contributed by atoms with van der Waals surface area (Å²) in [5.41, 5.74) is 1.67. The van der Waals surface area contributed by atoms with E-state index in [2.05, 4.69) is 0 Å². The molecule has 0 radical (unpaired) electrons. The molecule has 3 heteroatoms. The van der Waals surface area contributed by atoms with E-state index in [0.29, 0.717) is 12.1 Å². The Morgan fingerprint density at radius 3 is 2.28 bits per heavy atom. The largest absolute Gasteiger partial charge is 0.508 e. The summed E-state index contributed by atoms with van der Waals surface area (Å²) < 4.78 is 0. The molecule has 0 aliphatic rings. The van der Waals surface area contributed by atoms with E-state index in [1.54, 1.807) is 24.1 Å². The van der Waals surface area contributed by atoms with Gasteiger partial charge in [-0.3, -0.25) is 4.79 Å². The average Bonchev–Trinajstić information content (AvgIpc) is 2.40. The summed E-state index contributed by atoms with van der Waals surface area (Å²) in [5.74, 6) is 0.108. The summed E-state index contributed by atoms with van der Waals surface area (Å²) >= 11 is 0. The molecule has 0 saturated heterocycles. The molecule has 0 aliphatic heterocycles. The fourth-order valence-corrected chi connectivity index (χ4v) is 1.75. The van der Waals surface area contributed by atoms with E-state index in [-0.39, 0.29) is 11.7 Å². The monoisotopic (exact) mass is 241 g/mol. The molecule has 18 heavy (non-hydrogen) atoms. The third-order valence-corrected chi connectivity index (χ3v) is 2.72. The lowest BCUT2D eigenvalue weighted by molar-refractivity contribution is 0.0785. The minimum Gasteiger partial charge on any atom is -0.508 e. The SMILES string of the molecule is CN(Cc1ccccc1)C(=O)c1ccc(O)cc1. The van der Waals surface area contributed by atoms with Crippen LogP contribution in [0.5, 0.6) is 5.75 Å². The number of phenolic OH excluding ortho intramolecular Hbond substituents is 1. The first-order valence-corrected chi connectivity index (χ1v) is 5.75. The lowest BCUT2D eigenvalue weighted by atomic mass is 10.1. The highest BCUT2D eigenvalue weighted by Gasteiger charge is 2.11. The van der Waals surface area contributed by atoms with Crippen LogP contribution in [0.4, 0.5) is 0 Å². The maximum atomic E-state index is 12.1. The predicted octanol–water partition coefficient (Wildman–Crippen LogP) is 2.66. The van der Waals surface area contributed by atoms with Crippen molar-refractivity contribution in [3.05, 3.63) is 65.7 Å². The Labute approximate surface area is 106 Å². The van der Waals surface area contributed by atoms with Crippen molar-refractivity contribution < 1.29 is 9.90 Å². The van der Waals surface area contributed by atoms with Gasteiger partial charge in [0, 0.05) is 19.2 Å². The Balaban J connectivity index is 2.07. The quantitative estimate of drug-likeness (QED) is 0.897. The van der Waals surface area contributed by atoms with Gasteiger partial charge in [0.2, 0.25) is 0 Å². The number of carbonyl (C=O) groups excluding carboxylic acids is 1. The van der Waals surface area contributed by atoms with Crippen LogP contribution >= 0.6 is 0 Å². The fraction of sp³-hybridized carbons (Fsp3) is 0.133. The number of phenols is 1. The lowest BCUT2D eigenvalue weighted by Gasteiger charge is -2.17. The van der Waals surface area contributed by atoms with Crippen molar-refractivity contribution in [1.82, 2.24) is 4.90 Å².